The highest BCUT2D eigenvalue weighted by Crippen LogP contribution is 2.39. The summed E-state index contributed by atoms with van der Waals surface area (Å²) in [6, 6.07) is 12.0. The van der Waals surface area contributed by atoms with Gasteiger partial charge in [-0.15, -0.1) is 10.2 Å². The second-order valence-corrected chi connectivity index (χ2v) is 11.2. The number of fused-ring (bicyclic) bond motifs is 1. The molecule has 1 amide bonds. The van der Waals surface area contributed by atoms with Crippen LogP contribution in [0.15, 0.2) is 42.7 Å². The number of amides is 1. The lowest BCUT2D eigenvalue weighted by Crippen LogP contribution is -2.49. The van der Waals surface area contributed by atoms with Crippen LogP contribution in [0.3, 0.4) is 0 Å². The van der Waals surface area contributed by atoms with E-state index in [1.54, 1.807) is 11.2 Å². The number of nitrogens with one attached hydrogen (secondary N) is 1. The number of hydrogen-bond acceptors (Lipinski definition) is 5. The van der Waals surface area contributed by atoms with Crippen molar-refractivity contribution in [1.82, 2.24) is 20.1 Å². The third-order valence-corrected chi connectivity index (χ3v) is 8.52. The molecule has 37 heavy (non-hydrogen) atoms. The number of nitrogens with zero attached hydrogens (tertiary/aromatic N) is 4. The molecule has 1 N–H and O–H groups in total. The Morgan fingerprint density at radius 2 is 2.03 bits per heavy atom. The molecule has 2 fully saturated rings. The number of alkyl halides is 1. The lowest BCUT2D eigenvalue weighted by Gasteiger charge is -2.42. The van der Waals surface area contributed by atoms with Crippen molar-refractivity contribution in [2.75, 3.05) is 18.1 Å². The molecule has 2 aromatic carbocycles. The summed E-state index contributed by atoms with van der Waals surface area (Å²) >= 11 is 0. The SMILES string of the molecule is C[C@H](NC1(C)CCC1)c1cc(CF)c2c(c1)C(=O)N(c1cccc([C@H](c3nncn3C)C3COC3)c1)C2. The average molecular weight is 504 g/mol. The standard InChI is InChI=1S/C29H34FN5O2/c1-18(32-29(2)8-5-9-29)20-10-21(13-30)25-14-35(28(36)24(25)12-20)23-7-4-6-19(11-23)26(22-15-37-16-22)27-33-31-17-34(27)3/h4,6-7,10-12,17-18,22,26,32H,5,8-9,13-16H2,1-3H3/t18-,26-/m0/s1. The number of hydrogen-bond donors (Lipinski definition) is 1. The Kier molecular flexibility index (Phi) is 6.12. The van der Waals surface area contributed by atoms with Crippen molar-refractivity contribution in [2.45, 2.75) is 63.8 Å². The highest BCUT2D eigenvalue weighted by atomic mass is 19.1. The number of aryl methyl sites for hydroxylation is 1. The van der Waals surface area contributed by atoms with Gasteiger partial charge in [0.15, 0.2) is 0 Å². The van der Waals surface area contributed by atoms with Gasteiger partial charge in [0.05, 0.1) is 25.7 Å². The first-order valence-corrected chi connectivity index (χ1v) is 13.2. The van der Waals surface area contributed by atoms with E-state index in [1.807, 2.05) is 35.9 Å². The normalized spacial score (nSPS) is 20.3. The van der Waals surface area contributed by atoms with Gasteiger partial charge in [-0.1, -0.05) is 18.2 Å². The summed E-state index contributed by atoms with van der Waals surface area (Å²) < 4.78 is 21.7. The maximum atomic E-state index is 14.2. The lowest BCUT2D eigenvalue weighted by molar-refractivity contribution is -0.0407. The molecule has 3 aliphatic rings. The van der Waals surface area contributed by atoms with Gasteiger partial charge in [0, 0.05) is 35.8 Å². The van der Waals surface area contributed by atoms with Crippen molar-refractivity contribution in [3.63, 3.8) is 0 Å². The van der Waals surface area contributed by atoms with Crippen molar-refractivity contribution in [2.24, 2.45) is 13.0 Å². The first kappa shape index (κ1) is 24.2. The van der Waals surface area contributed by atoms with Gasteiger partial charge in [-0.05, 0) is 73.6 Å². The third kappa shape index (κ3) is 4.26. The van der Waals surface area contributed by atoms with E-state index >= 15 is 0 Å². The van der Waals surface area contributed by atoms with Crippen LogP contribution < -0.4 is 10.2 Å². The number of carbonyl (C=O) groups is 1. The van der Waals surface area contributed by atoms with Crippen molar-refractivity contribution in [3.8, 4) is 0 Å². The van der Waals surface area contributed by atoms with E-state index in [2.05, 4.69) is 41.5 Å². The molecular weight excluding hydrogens is 469 g/mol. The Morgan fingerprint density at radius 3 is 2.65 bits per heavy atom. The number of carbonyl (C=O) groups excluding carboxylic acids is 1. The molecule has 8 heteroatoms. The zero-order valence-electron chi connectivity index (χ0n) is 21.7. The fourth-order valence-electron chi connectivity index (χ4n) is 6.08. The highest BCUT2D eigenvalue weighted by Gasteiger charge is 2.37. The van der Waals surface area contributed by atoms with Crippen LogP contribution in [0.5, 0.6) is 0 Å². The summed E-state index contributed by atoms with van der Waals surface area (Å²) in [7, 11) is 1.95. The quantitative estimate of drug-likeness (QED) is 0.477. The minimum absolute atomic E-state index is 0.0223. The van der Waals surface area contributed by atoms with Crippen LogP contribution in [-0.4, -0.2) is 39.4 Å². The van der Waals surface area contributed by atoms with Crippen molar-refractivity contribution in [3.05, 3.63) is 76.4 Å². The molecule has 3 aromatic rings. The molecule has 1 aliphatic carbocycles. The molecule has 3 heterocycles. The van der Waals surface area contributed by atoms with Crippen molar-refractivity contribution >= 4 is 11.6 Å². The van der Waals surface area contributed by atoms with Gasteiger partial charge < -0.3 is 19.5 Å². The fourth-order valence-corrected chi connectivity index (χ4v) is 6.08. The van der Waals surface area contributed by atoms with Gasteiger partial charge in [0.2, 0.25) is 0 Å². The predicted molar refractivity (Wildman–Crippen MR) is 139 cm³/mol. The van der Waals surface area contributed by atoms with E-state index < -0.39 is 6.67 Å². The largest absolute Gasteiger partial charge is 0.381 e. The molecule has 0 unspecified atom stereocenters. The smallest absolute Gasteiger partial charge is 0.258 e. The van der Waals surface area contributed by atoms with Gasteiger partial charge in [-0.3, -0.25) is 4.79 Å². The summed E-state index contributed by atoms with van der Waals surface area (Å²) in [6.07, 6.45) is 5.23. The molecule has 1 saturated carbocycles. The second kappa shape index (κ2) is 9.33. The number of anilines is 1. The molecule has 194 valence electrons. The van der Waals surface area contributed by atoms with Crippen LogP contribution >= 0.6 is 0 Å². The van der Waals surface area contributed by atoms with Gasteiger partial charge >= 0.3 is 0 Å². The molecule has 1 saturated heterocycles. The predicted octanol–water partition coefficient (Wildman–Crippen LogP) is 4.82. The number of ether oxygens (including phenoxy) is 1. The van der Waals surface area contributed by atoms with Crippen LogP contribution in [0.1, 0.15) is 83.5 Å². The Labute approximate surface area is 217 Å². The summed E-state index contributed by atoms with van der Waals surface area (Å²) in [5.41, 5.74) is 4.98. The highest BCUT2D eigenvalue weighted by molar-refractivity contribution is 6.10. The van der Waals surface area contributed by atoms with Gasteiger partial charge in [-0.25, -0.2) is 4.39 Å². The zero-order valence-corrected chi connectivity index (χ0v) is 21.7. The van der Waals surface area contributed by atoms with E-state index in [0.29, 0.717) is 36.8 Å². The van der Waals surface area contributed by atoms with Crippen LogP contribution in [0.25, 0.3) is 0 Å². The van der Waals surface area contributed by atoms with E-state index in [1.165, 1.54) is 6.42 Å². The Balaban J connectivity index is 1.31. The molecule has 0 spiro atoms. The zero-order chi connectivity index (χ0) is 25.7. The molecule has 1 aromatic heterocycles. The molecular formula is C29H34FN5O2. The van der Waals surface area contributed by atoms with Crippen molar-refractivity contribution in [1.29, 1.82) is 0 Å². The third-order valence-electron chi connectivity index (χ3n) is 8.52. The van der Waals surface area contributed by atoms with Gasteiger partial charge in [0.25, 0.3) is 5.91 Å². The summed E-state index contributed by atoms with van der Waals surface area (Å²) in [4.78, 5) is 15.5. The van der Waals surface area contributed by atoms with E-state index in [9.17, 15) is 9.18 Å². The molecule has 2 aliphatic heterocycles. The van der Waals surface area contributed by atoms with Crippen LogP contribution in [0, 0.1) is 5.92 Å². The topological polar surface area (TPSA) is 72.3 Å². The summed E-state index contributed by atoms with van der Waals surface area (Å²) in [6.45, 7) is 5.47. The monoisotopic (exact) mass is 503 g/mol. The van der Waals surface area contributed by atoms with Gasteiger partial charge in [-0.2, -0.15) is 0 Å². The maximum absolute atomic E-state index is 14.2. The van der Waals surface area contributed by atoms with Crippen LogP contribution in [0.2, 0.25) is 0 Å². The average Bonchev–Trinajstić information content (AvgIpc) is 3.42. The maximum Gasteiger partial charge on any atom is 0.258 e. The summed E-state index contributed by atoms with van der Waals surface area (Å²) in [5.74, 6) is 1.13. The molecule has 7 nitrogen and oxygen atoms in total. The molecule has 6 rings (SSSR count). The van der Waals surface area contributed by atoms with Crippen molar-refractivity contribution < 1.29 is 13.9 Å². The Bertz CT molecular complexity index is 1330. The van der Waals surface area contributed by atoms with E-state index in [0.717, 1.165) is 41.0 Å². The minimum atomic E-state index is -0.586. The summed E-state index contributed by atoms with van der Waals surface area (Å²) in [5, 5.41) is 12.2. The first-order chi connectivity index (χ1) is 17.9. The second-order valence-electron chi connectivity index (χ2n) is 11.2. The van der Waals surface area contributed by atoms with Gasteiger partial charge in [0.1, 0.15) is 18.8 Å². The fraction of sp³-hybridized carbons (Fsp3) is 0.483. The van der Waals surface area contributed by atoms with E-state index in [4.69, 9.17) is 4.74 Å². The van der Waals surface area contributed by atoms with E-state index in [-0.39, 0.29) is 23.4 Å². The number of rotatable bonds is 8. The lowest BCUT2D eigenvalue weighted by atomic mass is 9.77. The first-order valence-electron chi connectivity index (χ1n) is 13.2. The number of halogens is 1. The molecule has 0 bridgehead atoms. The van der Waals surface area contributed by atoms with Crippen LogP contribution in [0.4, 0.5) is 10.1 Å². The minimum Gasteiger partial charge on any atom is -0.381 e. The number of benzene rings is 2. The number of aromatic nitrogens is 3. The van der Waals surface area contributed by atoms with Crippen LogP contribution in [-0.2, 0) is 25.0 Å². The Hall–Kier alpha value is -3.10. The molecule has 2 atom stereocenters. The molecule has 0 radical (unpaired) electrons. The Morgan fingerprint density at radius 1 is 1.22 bits per heavy atom.